The Kier molecular flexibility index (Phi) is 6.52. The minimum atomic E-state index is -0.976. The average Bonchev–Trinajstić information content (AvgIpc) is 2.37. The van der Waals surface area contributed by atoms with Crippen LogP contribution in [0.3, 0.4) is 0 Å². The third kappa shape index (κ3) is 5.85. The number of ether oxygens (including phenoxy) is 4. The summed E-state index contributed by atoms with van der Waals surface area (Å²) in [7, 11) is 0. The Morgan fingerprint density at radius 3 is 2.79 bits per heavy atom. The topological polar surface area (TPSA) is 71.1 Å². The molecule has 0 bridgehead atoms. The zero-order valence-corrected chi connectivity index (χ0v) is 11.3. The molecule has 0 aromatic rings. The Hall–Kier alpha value is -1.40. The fraction of sp³-hybridized carbons (Fsp3) is 0.692. The molecule has 0 saturated carbocycles. The van der Waals surface area contributed by atoms with E-state index in [0.717, 1.165) is 18.9 Å². The number of carbonyl (C=O) groups is 2. The van der Waals surface area contributed by atoms with Gasteiger partial charge in [-0.25, -0.2) is 4.79 Å². The molecule has 6 nitrogen and oxygen atoms in total. The monoisotopic (exact) mass is 272 g/mol. The highest BCUT2D eigenvalue weighted by Gasteiger charge is 2.29. The molecule has 1 rings (SSSR count). The van der Waals surface area contributed by atoms with Crippen molar-refractivity contribution in [2.45, 2.75) is 51.8 Å². The Morgan fingerprint density at radius 1 is 1.42 bits per heavy atom. The van der Waals surface area contributed by atoms with Crippen molar-refractivity contribution in [1.29, 1.82) is 0 Å². The molecule has 1 fully saturated rings. The van der Waals surface area contributed by atoms with Crippen molar-refractivity contribution in [2.24, 2.45) is 0 Å². The van der Waals surface area contributed by atoms with E-state index in [2.05, 4.69) is 11.3 Å². The van der Waals surface area contributed by atoms with Gasteiger partial charge in [-0.2, -0.15) is 0 Å². The molecular weight excluding hydrogens is 252 g/mol. The van der Waals surface area contributed by atoms with E-state index >= 15 is 0 Å². The molecule has 19 heavy (non-hydrogen) atoms. The van der Waals surface area contributed by atoms with Crippen LogP contribution in [0.25, 0.3) is 0 Å². The van der Waals surface area contributed by atoms with Gasteiger partial charge in [0.15, 0.2) is 0 Å². The number of hydrogen-bond donors (Lipinski definition) is 0. The molecule has 0 spiro atoms. The quantitative estimate of drug-likeness (QED) is 0.539. The smallest absolute Gasteiger partial charge is 0.330 e. The molecular formula is C13H20O6. The zero-order valence-electron chi connectivity index (χ0n) is 11.3. The number of rotatable bonds is 6. The van der Waals surface area contributed by atoms with E-state index in [1.807, 2.05) is 13.8 Å². The minimum absolute atomic E-state index is 0.0184. The lowest BCUT2D eigenvalue weighted by molar-refractivity contribution is -0.334. The molecule has 1 aliphatic heterocycles. The SMILES string of the molecule is C=CC(=O)OCCC(=O)OC1OC(C)CC(CC)O1. The normalized spacial score (nSPS) is 26.5. The van der Waals surface area contributed by atoms with E-state index in [0.29, 0.717) is 0 Å². The van der Waals surface area contributed by atoms with Gasteiger partial charge in [-0.15, -0.1) is 0 Å². The lowest BCUT2D eigenvalue weighted by Gasteiger charge is -2.32. The Morgan fingerprint density at radius 2 is 2.16 bits per heavy atom. The summed E-state index contributed by atoms with van der Waals surface area (Å²) in [5.74, 6) is -1.11. The van der Waals surface area contributed by atoms with E-state index in [9.17, 15) is 9.59 Å². The number of hydrogen-bond acceptors (Lipinski definition) is 6. The van der Waals surface area contributed by atoms with E-state index < -0.39 is 18.4 Å². The van der Waals surface area contributed by atoms with E-state index in [-0.39, 0.29) is 25.2 Å². The van der Waals surface area contributed by atoms with Crippen LogP contribution in [0.4, 0.5) is 0 Å². The Balaban J connectivity index is 2.27. The first-order valence-electron chi connectivity index (χ1n) is 6.34. The molecule has 1 aliphatic rings. The van der Waals surface area contributed by atoms with Crippen molar-refractivity contribution < 1.29 is 28.5 Å². The number of esters is 2. The second-order valence-electron chi connectivity index (χ2n) is 4.25. The summed E-state index contributed by atoms with van der Waals surface area (Å²) in [6.45, 7) is 6.12. The van der Waals surface area contributed by atoms with E-state index in [1.54, 1.807) is 0 Å². The molecule has 108 valence electrons. The minimum Gasteiger partial charge on any atom is -0.462 e. The lowest BCUT2D eigenvalue weighted by atomic mass is 10.1. The molecule has 1 heterocycles. The maximum absolute atomic E-state index is 11.5. The van der Waals surface area contributed by atoms with Gasteiger partial charge in [-0.3, -0.25) is 4.79 Å². The maximum Gasteiger partial charge on any atom is 0.330 e. The predicted octanol–water partition coefficient (Wildman–Crippen LogP) is 1.54. The second kappa shape index (κ2) is 7.91. The Labute approximate surface area is 112 Å². The summed E-state index contributed by atoms with van der Waals surface area (Å²) >= 11 is 0. The third-order valence-electron chi connectivity index (χ3n) is 2.64. The van der Waals surface area contributed by atoms with Crippen LogP contribution in [0.1, 0.15) is 33.1 Å². The van der Waals surface area contributed by atoms with Crippen molar-refractivity contribution >= 4 is 11.9 Å². The van der Waals surface area contributed by atoms with Gasteiger partial charge in [0.2, 0.25) is 0 Å². The Bertz CT molecular complexity index is 327. The van der Waals surface area contributed by atoms with Crippen molar-refractivity contribution in [3.8, 4) is 0 Å². The molecule has 0 radical (unpaired) electrons. The van der Waals surface area contributed by atoms with Crippen LogP contribution in [-0.2, 0) is 28.5 Å². The van der Waals surface area contributed by atoms with Gasteiger partial charge in [0.1, 0.15) is 6.61 Å². The van der Waals surface area contributed by atoms with Crippen LogP contribution < -0.4 is 0 Å². The van der Waals surface area contributed by atoms with E-state index in [4.69, 9.17) is 14.2 Å². The van der Waals surface area contributed by atoms with Crippen LogP contribution >= 0.6 is 0 Å². The fourth-order valence-electron chi connectivity index (χ4n) is 1.64. The highest BCUT2D eigenvalue weighted by Crippen LogP contribution is 2.21. The van der Waals surface area contributed by atoms with E-state index in [1.165, 1.54) is 0 Å². The highest BCUT2D eigenvalue weighted by molar-refractivity contribution is 5.81. The van der Waals surface area contributed by atoms with Gasteiger partial charge in [0.05, 0.1) is 18.6 Å². The fourth-order valence-corrected chi connectivity index (χ4v) is 1.64. The van der Waals surface area contributed by atoms with Gasteiger partial charge >= 0.3 is 18.4 Å². The van der Waals surface area contributed by atoms with Crippen molar-refractivity contribution in [3.63, 3.8) is 0 Å². The lowest BCUT2D eigenvalue weighted by Crippen LogP contribution is -2.39. The number of carbonyl (C=O) groups excluding carboxylic acids is 2. The summed E-state index contributed by atoms with van der Waals surface area (Å²) in [5, 5.41) is 0. The van der Waals surface area contributed by atoms with Crippen LogP contribution in [0, 0.1) is 0 Å². The van der Waals surface area contributed by atoms with Crippen molar-refractivity contribution in [2.75, 3.05) is 6.61 Å². The second-order valence-corrected chi connectivity index (χ2v) is 4.25. The first-order valence-corrected chi connectivity index (χ1v) is 6.34. The standard InChI is InChI=1S/C13H20O6/c1-4-10-8-9(3)17-13(18-10)19-12(15)6-7-16-11(14)5-2/h5,9-10,13H,2,4,6-8H2,1,3H3. The molecule has 1 saturated heterocycles. The summed E-state index contributed by atoms with van der Waals surface area (Å²) in [5.41, 5.74) is 0. The highest BCUT2D eigenvalue weighted by atomic mass is 16.9. The molecule has 3 unspecified atom stereocenters. The summed E-state index contributed by atoms with van der Waals surface area (Å²) in [4.78, 5) is 22.2. The first kappa shape index (κ1) is 15.7. The summed E-state index contributed by atoms with van der Waals surface area (Å²) in [6.07, 6.45) is 2.61. The molecule has 0 aromatic carbocycles. The van der Waals surface area contributed by atoms with Gasteiger partial charge in [-0.1, -0.05) is 13.5 Å². The molecule has 0 aromatic heterocycles. The molecule has 0 N–H and O–H groups in total. The molecule has 3 atom stereocenters. The summed E-state index contributed by atoms with van der Waals surface area (Å²) < 4.78 is 20.5. The van der Waals surface area contributed by atoms with Crippen LogP contribution in [0.2, 0.25) is 0 Å². The molecule has 0 aliphatic carbocycles. The average molecular weight is 272 g/mol. The molecule has 0 amide bonds. The van der Waals surface area contributed by atoms with Crippen LogP contribution in [0.15, 0.2) is 12.7 Å². The van der Waals surface area contributed by atoms with Crippen molar-refractivity contribution in [3.05, 3.63) is 12.7 Å². The third-order valence-corrected chi connectivity index (χ3v) is 2.64. The van der Waals surface area contributed by atoms with Gasteiger partial charge < -0.3 is 18.9 Å². The van der Waals surface area contributed by atoms with Gasteiger partial charge in [-0.05, 0) is 19.8 Å². The van der Waals surface area contributed by atoms with Gasteiger partial charge in [0, 0.05) is 6.08 Å². The largest absolute Gasteiger partial charge is 0.462 e. The first-order chi connectivity index (χ1) is 9.05. The van der Waals surface area contributed by atoms with Crippen molar-refractivity contribution in [1.82, 2.24) is 0 Å². The van der Waals surface area contributed by atoms with Crippen LogP contribution in [0.5, 0.6) is 0 Å². The van der Waals surface area contributed by atoms with Crippen LogP contribution in [-0.4, -0.2) is 37.2 Å². The zero-order chi connectivity index (χ0) is 14.3. The predicted molar refractivity (Wildman–Crippen MR) is 66.0 cm³/mol. The summed E-state index contributed by atoms with van der Waals surface area (Å²) in [6, 6.07) is 0. The molecule has 6 heteroatoms. The maximum atomic E-state index is 11.5. The van der Waals surface area contributed by atoms with Gasteiger partial charge in [0.25, 0.3) is 0 Å².